The molecule has 1 rings (SSSR count). The van der Waals surface area contributed by atoms with Crippen LogP contribution in [0.15, 0.2) is 27.6 Å². The largest absolute Gasteiger partial charge is 0.389 e. The van der Waals surface area contributed by atoms with Crippen molar-refractivity contribution in [3.8, 4) is 0 Å². The summed E-state index contributed by atoms with van der Waals surface area (Å²) in [5.41, 5.74) is -1.03. The first-order valence-corrected chi connectivity index (χ1v) is 8.56. The minimum absolute atomic E-state index is 0.00641. The fraction of sp³-hybridized carbons (Fsp3) is 0.500. The number of benzene rings is 1. The van der Waals surface area contributed by atoms with E-state index in [-0.39, 0.29) is 16.5 Å². The Balaban J connectivity index is 2.93. The third-order valence-corrected chi connectivity index (χ3v) is 5.47. The van der Waals surface area contributed by atoms with Crippen LogP contribution in [0, 0.1) is 0 Å². The molecule has 0 fully saturated rings. The van der Waals surface area contributed by atoms with Crippen LogP contribution >= 0.6 is 27.5 Å². The van der Waals surface area contributed by atoms with E-state index in [0.717, 1.165) is 0 Å². The van der Waals surface area contributed by atoms with Gasteiger partial charge >= 0.3 is 0 Å². The molecule has 0 atom stereocenters. The Morgan fingerprint density at radius 1 is 1.37 bits per heavy atom. The first-order chi connectivity index (χ1) is 8.74. The number of hydrogen-bond donors (Lipinski definition) is 2. The highest BCUT2D eigenvalue weighted by Gasteiger charge is 2.26. The van der Waals surface area contributed by atoms with Gasteiger partial charge in [-0.25, -0.2) is 13.1 Å². The summed E-state index contributed by atoms with van der Waals surface area (Å²) < 4.78 is 27.3. The Kier molecular flexibility index (Phi) is 5.82. The second-order valence-electron chi connectivity index (χ2n) is 4.33. The van der Waals surface area contributed by atoms with Gasteiger partial charge < -0.3 is 5.11 Å². The van der Waals surface area contributed by atoms with Crippen LogP contribution in [-0.2, 0) is 10.0 Å². The van der Waals surface area contributed by atoms with Crippen LogP contribution in [0.2, 0.25) is 5.02 Å². The fourth-order valence-electron chi connectivity index (χ4n) is 1.50. The van der Waals surface area contributed by atoms with Crippen LogP contribution in [-0.4, -0.2) is 25.7 Å². The van der Waals surface area contributed by atoms with Crippen molar-refractivity contribution in [1.29, 1.82) is 0 Å². The molecule has 0 spiro atoms. The van der Waals surface area contributed by atoms with Crippen LogP contribution in [0.5, 0.6) is 0 Å². The van der Waals surface area contributed by atoms with Crippen LogP contribution < -0.4 is 4.72 Å². The average molecular weight is 371 g/mol. The highest BCUT2D eigenvalue weighted by Crippen LogP contribution is 2.25. The molecule has 0 heterocycles. The summed E-state index contributed by atoms with van der Waals surface area (Å²) in [5, 5.41) is 10.2. The van der Waals surface area contributed by atoms with E-state index in [9.17, 15) is 13.5 Å². The van der Waals surface area contributed by atoms with Gasteiger partial charge in [-0.05, 0) is 31.0 Å². The molecule has 0 saturated carbocycles. The Labute approximate surface area is 127 Å². The summed E-state index contributed by atoms with van der Waals surface area (Å²) in [4.78, 5) is 0.00641. The summed E-state index contributed by atoms with van der Waals surface area (Å²) in [6.07, 6.45) is 0.945. The van der Waals surface area contributed by atoms with Crippen LogP contribution in [0.1, 0.15) is 26.7 Å². The zero-order chi connectivity index (χ0) is 14.7. The van der Waals surface area contributed by atoms with Crippen LogP contribution in [0.25, 0.3) is 0 Å². The summed E-state index contributed by atoms with van der Waals surface area (Å²) in [5.74, 6) is 0. The van der Waals surface area contributed by atoms with Gasteiger partial charge in [0.2, 0.25) is 10.0 Å². The Morgan fingerprint density at radius 3 is 2.42 bits per heavy atom. The highest BCUT2D eigenvalue weighted by molar-refractivity contribution is 9.10. The number of hydrogen-bond acceptors (Lipinski definition) is 3. The molecular weight excluding hydrogens is 354 g/mol. The number of rotatable bonds is 6. The first kappa shape index (κ1) is 16.9. The van der Waals surface area contributed by atoms with E-state index in [1.54, 1.807) is 6.07 Å². The third kappa shape index (κ3) is 4.43. The Bertz CT molecular complexity index is 544. The standard InChI is InChI=1S/C12H17BrClNO3S/c1-3-12(16,4-2)8-15-19(17,18)11-6-5-9(13)7-10(11)14/h5-7,15-16H,3-4,8H2,1-2H3. The molecule has 1 aromatic carbocycles. The van der Waals surface area contributed by atoms with Crippen molar-refractivity contribution in [3.05, 3.63) is 27.7 Å². The maximum absolute atomic E-state index is 12.1. The van der Waals surface area contributed by atoms with Gasteiger partial charge in [-0.15, -0.1) is 0 Å². The van der Waals surface area contributed by atoms with E-state index >= 15 is 0 Å². The molecule has 0 saturated heterocycles. The normalized spacial score (nSPS) is 12.7. The molecule has 0 bridgehead atoms. The molecule has 0 amide bonds. The summed E-state index contributed by atoms with van der Waals surface area (Å²) in [6, 6.07) is 4.54. The lowest BCUT2D eigenvalue weighted by atomic mass is 9.98. The second kappa shape index (κ2) is 6.54. The van der Waals surface area contributed by atoms with E-state index in [0.29, 0.717) is 17.3 Å². The number of sulfonamides is 1. The number of aliphatic hydroxyl groups is 1. The van der Waals surface area contributed by atoms with E-state index in [1.165, 1.54) is 12.1 Å². The van der Waals surface area contributed by atoms with Crippen molar-refractivity contribution in [2.75, 3.05) is 6.54 Å². The van der Waals surface area contributed by atoms with Gasteiger partial charge in [0.25, 0.3) is 0 Å². The van der Waals surface area contributed by atoms with Gasteiger partial charge in [0.1, 0.15) is 4.90 Å². The lowest BCUT2D eigenvalue weighted by Crippen LogP contribution is -2.42. The predicted molar refractivity (Wildman–Crippen MR) is 79.9 cm³/mol. The zero-order valence-electron chi connectivity index (χ0n) is 10.8. The average Bonchev–Trinajstić information content (AvgIpc) is 2.35. The molecule has 19 heavy (non-hydrogen) atoms. The number of nitrogens with one attached hydrogen (secondary N) is 1. The molecule has 0 aromatic heterocycles. The molecule has 0 aliphatic rings. The van der Waals surface area contributed by atoms with Gasteiger partial charge in [0, 0.05) is 11.0 Å². The van der Waals surface area contributed by atoms with Gasteiger partial charge in [0.05, 0.1) is 10.6 Å². The molecule has 7 heteroatoms. The minimum atomic E-state index is -3.72. The molecule has 108 valence electrons. The molecule has 0 aliphatic carbocycles. The van der Waals surface area contributed by atoms with Gasteiger partial charge in [-0.3, -0.25) is 0 Å². The zero-order valence-corrected chi connectivity index (χ0v) is 13.9. The fourth-order valence-corrected chi connectivity index (χ4v) is 3.66. The van der Waals surface area contributed by atoms with Crippen molar-refractivity contribution in [2.45, 2.75) is 37.2 Å². The molecular formula is C12H17BrClNO3S. The second-order valence-corrected chi connectivity index (χ2v) is 7.39. The Morgan fingerprint density at radius 2 is 1.95 bits per heavy atom. The van der Waals surface area contributed by atoms with E-state index in [2.05, 4.69) is 20.7 Å². The van der Waals surface area contributed by atoms with E-state index in [1.807, 2.05) is 13.8 Å². The van der Waals surface area contributed by atoms with Gasteiger partial charge in [-0.2, -0.15) is 0 Å². The smallest absolute Gasteiger partial charge is 0.242 e. The summed E-state index contributed by atoms with van der Waals surface area (Å²) in [7, 11) is -3.72. The van der Waals surface area contributed by atoms with Crippen molar-refractivity contribution >= 4 is 37.6 Å². The molecule has 0 unspecified atom stereocenters. The third-order valence-electron chi connectivity index (χ3n) is 3.09. The van der Waals surface area contributed by atoms with Crippen LogP contribution in [0.3, 0.4) is 0 Å². The van der Waals surface area contributed by atoms with Gasteiger partial charge in [-0.1, -0.05) is 41.4 Å². The molecule has 1 aromatic rings. The van der Waals surface area contributed by atoms with Crippen molar-refractivity contribution in [2.24, 2.45) is 0 Å². The predicted octanol–water partition coefficient (Wildman–Crippen LogP) is 2.93. The lowest BCUT2D eigenvalue weighted by Gasteiger charge is -2.25. The molecule has 0 radical (unpaired) electrons. The Hall–Kier alpha value is -0.140. The SMILES string of the molecule is CCC(O)(CC)CNS(=O)(=O)c1ccc(Br)cc1Cl. The van der Waals surface area contributed by atoms with E-state index in [4.69, 9.17) is 11.6 Å². The quantitative estimate of drug-likeness (QED) is 0.809. The first-order valence-electron chi connectivity index (χ1n) is 5.91. The monoisotopic (exact) mass is 369 g/mol. The maximum atomic E-state index is 12.1. The van der Waals surface area contributed by atoms with E-state index < -0.39 is 15.6 Å². The highest BCUT2D eigenvalue weighted by atomic mass is 79.9. The number of halogens is 2. The minimum Gasteiger partial charge on any atom is -0.389 e. The van der Waals surface area contributed by atoms with Crippen LogP contribution in [0.4, 0.5) is 0 Å². The van der Waals surface area contributed by atoms with Crippen molar-refractivity contribution in [1.82, 2.24) is 4.72 Å². The van der Waals surface area contributed by atoms with Gasteiger partial charge in [0.15, 0.2) is 0 Å². The molecule has 0 aliphatic heterocycles. The lowest BCUT2D eigenvalue weighted by molar-refractivity contribution is 0.0377. The van der Waals surface area contributed by atoms with Crippen molar-refractivity contribution in [3.63, 3.8) is 0 Å². The topological polar surface area (TPSA) is 66.4 Å². The molecule has 2 N–H and O–H groups in total. The summed E-state index contributed by atoms with van der Waals surface area (Å²) in [6.45, 7) is 3.59. The molecule has 4 nitrogen and oxygen atoms in total. The maximum Gasteiger partial charge on any atom is 0.242 e. The summed E-state index contributed by atoms with van der Waals surface area (Å²) >= 11 is 9.14. The van der Waals surface area contributed by atoms with Crippen molar-refractivity contribution < 1.29 is 13.5 Å².